The third-order valence-electron chi connectivity index (χ3n) is 2.63. The van der Waals surface area contributed by atoms with Gasteiger partial charge in [0.25, 0.3) is 0 Å². The maximum atomic E-state index is 10.9. The fourth-order valence-corrected chi connectivity index (χ4v) is 1.70. The van der Waals surface area contributed by atoms with Crippen LogP contribution in [0, 0.1) is 0 Å². The van der Waals surface area contributed by atoms with Gasteiger partial charge < -0.3 is 14.9 Å². The Kier molecular flexibility index (Phi) is 3.19. The second-order valence-corrected chi connectivity index (χ2v) is 3.77. The van der Waals surface area contributed by atoms with Gasteiger partial charge in [-0.2, -0.15) is 0 Å². The Labute approximate surface area is 104 Å². The SMILES string of the molecule is COc1ccc(-c2cccc(C(=O)O)c2)c(O)c1. The van der Waals surface area contributed by atoms with E-state index in [2.05, 4.69) is 0 Å². The molecule has 0 aromatic heterocycles. The third-order valence-corrected chi connectivity index (χ3v) is 2.63. The van der Waals surface area contributed by atoms with Crippen LogP contribution in [0.1, 0.15) is 10.4 Å². The Bertz CT molecular complexity index is 590. The van der Waals surface area contributed by atoms with Crippen molar-refractivity contribution in [2.24, 2.45) is 0 Å². The lowest BCUT2D eigenvalue weighted by Crippen LogP contribution is -1.95. The molecule has 4 nitrogen and oxygen atoms in total. The number of aromatic carboxylic acids is 1. The minimum absolute atomic E-state index is 0.0527. The van der Waals surface area contributed by atoms with E-state index in [1.165, 1.54) is 25.3 Å². The summed E-state index contributed by atoms with van der Waals surface area (Å²) in [5, 5.41) is 18.8. The minimum Gasteiger partial charge on any atom is -0.507 e. The van der Waals surface area contributed by atoms with Crippen LogP contribution in [-0.2, 0) is 0 Å². The van der Waals surface area contributed by atoms with E-state index in [0.29, 0.717) is 16.9 Å². The first-order valence-corrected chi connectivity index (χ1v) is 5.32. The summed E-state index contributed by atoms with van der Waals surface area (Å²) in [7, 11) is 1.51. The topological polar surface area (TPSA) is 66.8 Å². The van der Waals surface area contributed by atoms with E-state index >= 15 is 0 Å². The van der Waals surface area contributed by atoms with Crippen molar-refractivity contribution in [2.45, 2.75) is 0 Å². The molecule has 0 saturated carbocycles. The van der Waals surface area contributed by atoms with E-state index in [1.54, 1.807) is 24.3 Å². The molecule has 0 radical (unpaired) electrons. The molecule has 0 aliphatic carbocycles. The first kappa shape index (κ1) is 12.0. The number of benzene rings is 2. The van der Waals surface area contributed by atoms with E-state index in [-0.39, 0.29) is 11.3 Å². The number of phenolic OH excluding ortho intramolecular Hbond substituents is 1. The number of carbonyl (C=O) groups is 1. The molecule has 2 aromatic carbocycles. The largest absolute Gasteiger partial charge is 0.507 e. The van der Waals surface area contributed by atoms with Crippen LogP contribution >= 0.6 is 0 Å². The second kappa shape index (κ2) is 4.79. The van der Waals surface area contributed by atoms with Gasteiger partial charge in [-0.15, -0.1) is 0 Å². The zero-order valence-corrected chi connectivity index (χ0v) is 9.75. The number of hydrogen-bond donors (Lipinski definition) is 2. The lowest BCUT2D eigenvalue weighted by Gasteiger charge is -2.07. The maximum Gasteiger partial charge on any atom is 0.335 e. The second-order valence-electron chi connectivity index (χ2n) is 3.77. The van der Waals surface area contributed by atoms with Crippen LogP contribution in [0.5, 0.6) is 11.5 Å². The molecule has 0 amide bonds. The van der Waals surface area contributed by atoms with E-state index in [4.69, 9.17) is 9.84 Å². The number of ether oxygens (including phenoxy) is 1. The average Bonchev–Trinajstić information content (AvgIpc) is 2.38. The van der Waals surface area contributed by atoms with Crippen molar-refractivity contribution < 1.29 is 19.7 Å². The molecule has 0 aliphatic heterocycles. The fraction of sp³-hybridized carbons (Fsp3) is 0.0714. The highest BCUT2D eigenvalue weighted by atomic mass is 16.5. The molecule has 0 atom stereocenters. The van der Waals surface area contributed by atoms with E-state index < -0.39 is 5.97 Å². The van der Waals surface area contributed by atoms with Crippen LogP contribution in [0.2, 0.25) is 0 Å². The highest BCUT2D eigenvalue weighted by Gasteiger charge is 2.08. The van der Waals surface area contributed by atoms with Gasteiger partial charge in [0.2, 0.25) is 0 Å². The Balaban J connectivity index is 2.48. The van der Waals surface area contributed by atoms with Crippen molar-refractivity contribution >= 4 is 5.97 Å². The monoisotopic (exact) mass is 244 g/mol. The summed E-state index contributed by atoms with van der Waals surface area (Å²) in [6.45, 7) is 0. The summed E-state index contributed by atoms with van der Waals surface area (Å²) in [4.78, 5) is 10.9. The summed E-state index contributed by atoms with van der Waals surface area (Å²) in [6.07, 6.45) is 0. The van der Waals surface area contributed by atoms with E-state index in [9.17, 15) is 9.90 Å². The zero-order chi connectivity index (χ0) is 13.1. The van der Waals surface area contributed by atoms with Gasteiger partial charge in [0.05, 0.1) is 12.7 Å². The van der Waals surface area contributed by atoms with Crippen molar-refractivity contribution in [2.75, 3.05) is 7.11 Å². The molecule has 0 aliphatic rings. The summed E-state index contributed by atoms with van der Waals surface area (Å²) in [5.74, 6) is -0.396. The molecule has 92 valence electrons. The van der Waals surface area contributed by atoms with Crippen LogP contribution in [-0.4, -0.2) is 23.3 Å². The van der Waals surface area contributed by atoms with Gasteiger partial charge in [-0.25, -0.2) is 4.79 Å². The van der Waals surface area contributed by atoms with Gasteiger partial charge in [0, 0.05) is 11.6 Å². The number of rotatable bonds is 3. The van der Waals surface area contributed by atoms with E-state index in [0.717, 1.165) is 0 Å². The lowest BCUT2D eigenvalue weighted by atomic mass is 10.0. The molecular weight excluding hydrogens is 232 g/mol. The van der Waals surface area contributed by atoms with Crippen LogP contribution in [0.4, 0.5) is 0 Å². The van der Waals surface area contributed by atoms with Gasteiger partial charge in [-0.3, -0.25) is 0 Å². The summed E-state index contributed by atoms with van der Waals surface area (Å²) < 4.78 is 4.99. The number of aromatic hydroxyl groups is 1. The number of methoxy groups -OCH3 is 1. The minimum atomic E-state index is -0.996. The van der Waals surface area contributed by atoms with E-state index in [1.807, 2.05) is 0 Å². The lowest BCUT2D eigenvalue weighted by molar-refractivity contribution is 0.0697. The van der Waals surface area contributed by atoms with Crippen molar-refractivity contribution in [1.29, 1.82) is 0 Å². The molecule has 2 aromatic rings. The highest BCUT2D eigenvalue weighted by molar-refractivity contribution is 5.89. The van der Waals surface area contributed by atoms with Crippen LogP contribution < -0.4 is 4.74 Å². The quantitative estimate of drug-likeness (QED) is 0.871. The Morgan fingerprint density at radius 3 is 2.56 bits per heavy atom. The highest BCUT2D eigenvalue weighted by Crippen LogP contribution is 2.32. The fourth-order valence-electron chi connectivity index (χ4n) is 1.70. The molecule has 0 unspecified atom stereocenters. The molecule has 2 rings (SSSR count). The number of carboxylic acids is 1. The first-order valence-electron chi connectivity index (χ1n) is 5.32. The molecule has 0 heterocycles. The van der Waals surface area contributed by atoms with Gasteiger partial charge in [0.15, 0.2) is 0 Å². The average molecular weight is 244 g/mol. The van der Waals surface area contributed by atoms with Gasteiger partial charge in [0.1, 0.15) is 11.5 Å². The molecule has 4 heteroatoms. The zero-order valence-electron chi connectivity index (χ0n) is 9.75. The molecule has 0 fully saturated rings. The maximum absolute atomic E-state index is 10.9. The molecule has 0 saturated heterocycles. The summed E-state index contributed by atoms with van der Waals surface area (Å²) in [6, 6.07) is 11.3. The van der Waals surface area contributed by atoms with Crippen LogP contribution in [0.3, 0.4) is 0 Å². The van der Waals surface area contributed by atoms with Crippen LogP contribution in [0.15, 0.2) is 42.5 Å². The third kappa shape index (κ3) is 2.27. The Morgan fingerprint density at radius 2 is 1.94 bits per heavy atom. The molecule has 2 N–H and O–H groups in total. The Morgan fingerprint density at radius 1 is 1.17 bits per heavy atom. The van der Waals surface area contributed by atoms with Crippen molar-refractivity contribution in [3.05, 3.63) is 48.0 Å². The standard InChI is InChI=1S/C14H12O4/c1-18-11-5-6-12(13(15)8-11)9-3-2-4-10(7-9)14(16)17/h2-8,15H,1H3,(H,16,17). The summed E-state index contributed by atoms with van der Waals surface area (Å²) >= 11 is 0. The predicted molar refractivity (Wildman–Crippen MR) is 67.1 cm³/mol. The molecule has 18 heavy (non-hydrogen) atoms. The normalized spacial score (nSPS) is 10.1. The molecule has 0 spiro atoms. The van der Waals surface area contributed by atoms with Gasteiger partial charge in [-0.1, -0.05) is 12.1 Å². The van der Waals surface area contributed by atoms with Crippen molar-refractivity contribution in [3.8, 4) is 22.6 Å². The van der Waals surface area contributed by atoms with Crippen molar-refractivity contribution in [3.63, 3.8) is 0 Å². The molecular formula is C14H12O4. The van der Waals surface area contributed by atoms with Crippen LogP contribution in [0.25, 0.3) is 11.1 Å². The number of hydrogen-bond acceptors (Lipinski definition) is 3. The van der Waals surface area contributed by atoms with Gasteiger partial charge in [-0.05, 0) is 29.8 Å². The van der Waals surface area contributed by atoms with Gasteiger partial charge >= 0.3 is 5.97 Å². The predicted octanol–water partition coefficient (Wildman–Crippen LogP) is 2.77. The molecule has 0 bridgehead atoms. The first-order chi connectivity index (χ1) is 8.61. The number of carboxylic acid groups (broad SMARTS) is 1. The Hall–Kier alpha value is -2.49. The summed E-state index contributed by atoms with van der Waals surface area (Å²) in [5.41, 5.74) is 1.40. The van der Waals surface area contributed by atoms with Crippen molar-refractivity contribution in [1.82, 2.24) is 0 Å². The smallest absolute Gasteiger partial charge is 0.335 e. The number of phenols is 1.